The van der Waals surface area contributed by atoms with Crippen molar-refractivity contribution >= 4 is 29.0 Å². The van der Waals surface area contributed by atoms with Crippen molar-refractivity contribution in [3.63, 3.8) is 0 Å². The molecule has 2 amide bonds. The van der Waals surface area contributed by atoms with Crippen molar-refractivity contribution in [1.82, 2.24) is 4.98 Å². The number of pyridine rings is 1. The van der Waals surface area contributed by atoms with E-state index in [9.17, 15) is 4.79 Å². The topological polar surface area (TPSA) is 54.0 Å². The molecule has 0 aliphatic rings. The van der Waals surface area contributed by atoms with Gasteiger partial charge in [0.1, 0.15) is 0 Å². The van der Waals surface area contributed by atoms with Crippen LogP contribution in [0.1, 0.15) is 26.5 Å². The minimum Gasteiger partial charge on any atom is -0.308 e. The lowest BCUT2D eigenvalue weighted by molar-refractivity contribution is 0.262. The van der Waals surface area contributed by atoms with Crippen LogP contribution in [-0.4, -0.2) is 11.0 Å². The molecule has 2 N–H and O–H groups in total. The van der Waals surface area contributed by atoms with E-state index in [2.05, 4.69) is 36.4 Å². The molecule has 0 unspecified atom stereocenters. The first kappa shape index (κ1) is 15.3. The Balaban J connectivity index is 2.06. The van der Waals surface area contributed by atoms with Crippen LogP contribution in [0.3, 0.4) is 0 Å². The van der Waals surface area contributed by atoms with Crippen molar-refractivity contribution in [3.05, 3.63) is 53.3 Å². The molecule has 1 aromatic carbocycles. The molecule has 2 aromatic rings. The predicted octanol–water partition coefficient (Wildman–Crippen LogP) is 4.68. The maximum atomic E-state index is 12.0. The summed E-state index contributed by atoms with van der Waals surface area (Å²) in [6.07, 6.45) is 1.69. The largest absolute Gasteiger partial charge is 0.323 e. The van der Waals surface area contributed by atoms with Gasteiger partial charge >= 0.3 is 6.03 Å². The fourth-order valence-electron chi connectivity index (χ4n) is 1.78. The fourth-order valence-corrected chi connectivity index (χ4v) is 1.97. The van der Waals surface area contributed by atoms with Gasteiger partial charge in [-0.1, -0.05) is 38.4 Å². The highest BCUT2D eigenvalue weighted by Crippen LogP contribution is 2.22. The average Bonchev–Trinajstić information content (AvgIpc) is 2.37. The second-order valence-electron chi connectivity index (χ2n) is 5.77. The van der Waals surface area contributed by atoms with E-state index in [1.54, 1.807) is 36.5 Å². The molecule has 2 rings (SSSR count). The standard InChI is InChI=1S/C16H18ClN3O/c1-16(2,3)14-10-13(7-8-18-14)20-15(21)19-12-6-4-5-11(17)9-12/h4-10H,1-3H3,(H2,18,19,20,21). The maximum absolute atomic E-state index is 12.0. The zero-order valence-corrected chi connectivity index (χ0v) is 13.0. The summed E-state index contributed by atoms with van der Waals surface area (Å²) in [6.45, 7) is 6.22. The number of anilines is 2. The Morgan fingerprint density at radius 2 is 1.76 bits per heavy atom. The molecule has 21 heavy (non-hydrogen) atoms. The first-order valence-corrected chi connectivity index (χ1v) is 7.02. The van der Waals surface area contributed by atoms with Gasteiger partial charge < -0.3 is 10.6 Å². The molecular formula is C16H18ClN3O. The molecule has 1 aromatic heterocycles. The van der Waals surface area contributed by atoms with Crippen molar-refractivity contribution in [2.24, 2.45) is 0 Å². The fraction of sp³-hybridized carbons (Fsp3) is 0.250. The van der Waals surface area contributed by atoms with E-state index >= 15 is 0 Å². The number of hydrogen-bond acceptors (Lipinski definition) is 2. The number of halogens is 1. The zero-order valence-electron chi connectivity index (χ0n) is 12.3. The summed E-state index contributed by atoms with van der Waals surface area (Å²) in [5.41, 5.74) is 2.20. The second kappa shape index (κ2) is 6.14. The smallest absolute Gasteiger partial charge is 0.308 e. The lowest BCUT2D eigenvalue weighted by atomic mass is 9.91. The number of carbonyl (C=O) groups excluding carboxylic acids is 1. The van der Waals surface area contributed by atoms with Gasteiger partial charge in [-0.05, 0) is 30.3 Å². The number of benzene rings is 1. The second-order valence-corrected chi connectivity index (χ2v) is 6.21. The summed E-state index contributed by atoms with van der Waals surface area (Å²) >= 11 is 5.88. The summed E-state index contributed by atoms with van der Waals surface area (Å²) in [5, 5.41) is 6.10. The highest BCUT2D eigenvalue weighted by molar-refractivity contribution is 6.30. The molecule has 0 aliphatic carbocycles. The molecule has 4 nitrogen and oxygen atoms in total. The van der Waals surface area contributed by atoms with Gasteiger partial charge in [0.2, 0.25) is 0 Å². The minimum atomic E-state index is -0.316. The number of nitrogens with one attached hydrogen (secondary N) is 2. The number of aromatic nitrogens is 1. The van der Waals surface area contributed by atoms with Gasteiger partial charge in [0.05, 0.1) is 0 Å². The predicted molar refractivity (Wildman–Crippen MR) is 87.0 cm³/mol. The molecule has 0 spiro atoms. The molecule has 0 aliphatic heterocycles. The van der Waals surface area contributed by atoms with E-state index < -0.39 is 0 Å². The zero-order chi connectivity index (χ0) is 15.5. The third-order valence-electron chi connectivity index (χ3n) is 2.87. The molecule has 0 radical (unpaired) electrons. The van der Waals surface area contributed by atoms with Crippen molar-refractivity contribution in [3.8, 4) is 0 Å². The van der Waals surface area contributed by atoms with E-state index in [0.29, 0.717) is 16.4 Å². The van der Waals surface area contributed by atoms with Crippen LogP contribution in [0.25, 0.3) is 0 Å². The van der Waals surface area contributed by atoms with Crippen LogP contribution in [0.2, 0.25) is 5.02 Å². The maximum Gasteiger partial charge on any atom is 0.323 e. The first-order chi connectivity index (χ1) is 9.84. The van der Waals surface area contributed by atoms with Crippen molar-refractivity contribution in [1.29, 1.82) is 0 Å². The lowest BCUT2D eigenvalue weighted by Gasteiger charge is -2.18. The van der Waals surface area contributed by atoms with Gasteiger partial charge in [0, 0.05) is 33.7 Å². The number of amides is 2. The summed E-state index contributed by atoms with van der Waals surface area (Å²) in [7, 11) is 0. The van der Waals surface area contributed by atoms with Crippen LogP contribution in [0, 0.1) is 0 Å². The molecule has 0 fully saturated rings. The molecule has 110 valence electrons. The van der Waals surface area contributed by atoms with Crippen LogP contribution >= 0.6 is 11.6 Å². The molecule has 5 heteroatoms. The van der Waals surface area contributed by atoms with Crippen LogP contribution < -0.4 is 10.6 Å². The first-order valence-electron chi connectivity index (χ1n) is 6.65. The summed E-state index contributed by atoms with van der Waals surface area (Å²) < 4.78 is 0. The molecule has 0 atom stereocenters. The lowest BCUT2D eigenvalue weighted by Crippen LogP contribution is -2.20. The monoisotopic (exact) mass is 303 g/mol. The molecule has 0 saturated carbocycles. The van der Waals surface area contributed by atoms with E-state index in [1.165, 1.54) is 0 Å². The number of urea groups is 1. The normalized spacial score (nSPS) is 11.0. The highest BCUT2D eigenvalue weighted by Gasteiger charge is 2.15. The Hall–Kier alpha value is -2.07. The van der Waals surface area contributed by atoms with Gasteiger partial charge in [0.15, 0.2) is 0 Å². The van der Waals surface area contributed by atoms with Crippen molar-refractivity contribution in [2.45, 2.75) is 26.2 Å². The van der Waals surface area contributed by atoms with E-state index in [4.69, 9.17) is 11.6 Å². The molecule has 0 saturated heterocycles. The van der Waals surface area contributed by atoms with Crippen molar-refractivity contribution < 1.29 is 4.79 Å². The number of nitrogens with zero attached hydrogens (tertiary/aromatic N) is 1. The Kier molecular flexibility index (Phi) is 4.48. The number of carbonyl (C=O) groups is 1. The van der Waals surface area contributed by atoms with Gasteiger partial charge in [0.25, 0.3) is 0 Å². The van der Waals surface area contributed by atoms with E-state index in [0.717, 1.165) is 5.69 Å². The Morgan fingerprint density at radius 1 is 1.10 bits per heavy atom. The SMILES string of the molecule is CC(C)(C)c1cc(NC(=O)Nc2cccc(Cl)c2)ccn1. The Bertz CT molecular complexity index is 650. The van der Waals surface area contributed by atoms with Crippen LogP contribution in [0.15, 0.2) is 42.6 Å². The van der Waals surface area contributed by atoms with Crippen LogP contribution in [-0.2, 0) is 5.41 Å². The van der Waals surface area contributed by atoms with Gasteiger partial charge in [-0.3, -0.25) is 4.98 Å². The molecule has 1 heterocycles. The third-order valence-corrected chi connectivity index (χ3v) is 3.10. The summed E-state index contributed by atoms with van der Waals surface area (Å²) in [6, 6.07) is 10.3. The Morgan fingerprint density at radius 3 is 2.38 bits per heavy atom. The summed E-state index contributed by atoms with van der Waals surface area (Å²) in [4.78, 5) is 16.3. The summed E-state index contributed by atoms with van der Waals surface area (Å²) in [5.74, 6) is 0. The van der Waals surface area contributed by atoms with Crippen molar-refractivity contribution in [2.75, 3.05) is 10.6 Å². The quantitative estimate of drug-likeness (QED) is 0.846. The third kappa shape index (κ3) is 4.46. The van der Waals surface area contributed by atoms with Gasteiger partial charge in [-0.15, -0.1) is 0 Å². The minimum absolute atomic E-state index is 0.0683. The van der Waals surface area contributed by atoms with Crippen LogP contribution in [0.5, 0.6) is 0 Å². The molecule has 0 bridgehead atoms. The highest BCUT2D eigenvalue weighted by atomic mass is 35.5. The number of hydrogen-bond donors (Lipinski definition) is 2. The van der Waals surface area contributed by atoms with E-state index in [-0.39, 0.29) is 11.4 Å². The van der Waals surface area contributed by atoms with Gasteiger partial charge in [-0.2, -0.15) is 0 Å². The van der Waals surface area contributed by atoms with Crippen LogP contribution in [0.4, 0.5) is 16.2 Å². The van der Waals surface area contributed by atoms with Gasteiger partial charge in [-0.25, -0.2) is 4.79 Å². The molecular weight excluding hydrogens is 286 g/mol. The average molecular weight is 304 g/mol. The Labute approximate surface area is 129 Å². The van der Waals surface area contributed by atoms with E-state index in [1.807, 2.05) is 6.07 Å². The number of rotatable bonds is 2.